The highest BCUT2D eigenvalue weighted by Gasteiger charge is 2.28. The lowest BCUT2D eigenvalue weighted by atomic mass is 9.97. The predicted molar refractivity (Wildman–Crippen MR) is 55.4 cm³/mol. The van der Waals surface area contributed by atoms with Crippen LogP contribution in [-0.2, 0) is 9.59 Å². The average Bonchev–Trinajstić information content (AvgIpc) is 2.58. The van der Waals surface area contributed by atoms with Crippen LogP contribution in [0, 0.1) is 11.8 Å². The summed E-state index contributed by atoms with van der Waals surface area (Å²) in [6.07, 6.45) is 0.606. The summed E-state index contributed by atoms with van der Waals surface area (Å²) < 4.78 is 0. The fourth-order valence-corrected chi connectivity index (χ4v) is 1.74. The molecule has 1 fully saturated rings. The molecule has 5 heteroatoms. The molecule has 5 nitrogen and oxygen atoms in total. The molecule has 0 aromatic rings. The Balaban J connectivity index is 2.15. The molecule has 1 amide bonds. The summed E-state index contributed by atoms with van der Waals surface area (Å²) in [5.41, 5.74) is 0. The van der Waals surface area contributed by atoms with Gasteiger partial charge < -0.3 is 15.7 Å². The Morgan fingerprint density at radius 2 is 2.20 bits per heavy atom. The van der Waals surface area contributed by atoms with Crippen molar-refractivity contribution in [1.82, 2.24) is 10.6 Å². The first kappa shape index (κ1) is 12.0. The number of hydrogen-bond donors (Lipinski definition) is 3. The first-order chi connectivity index (χ1) is 7.11. The highest BCUT2D eigenvalue weighted by Crippen LogP contribution is 2.15. The molecule has 15 heavy (non-hydrogen) atoms. The van der Waals surface area contributed by atoms with E-state index in [1.54, 1.807) is 0 Å². The Morgan fingerprint density at radius 1 is 1.47 bits per heavy atom. The van der Waals surface area contributed by atoms with Crippen molar-refractivity contribution in [2.75, 3.05) is 19.6 Å². The molecular weight excluding hydrogens is 196 g/mol. The van der Waals surface area contributed by atoms with E-state index < -0.39 is 5.97 Å². The van der Waals surface area contributed by atoms with E-state index in [-0.39, 0.29) is 18.2 Å². The van der Waals surface area contributed by atoms with Gasteiger partial charge in [0.2, 0.25) is 5.91 Å². The molecule has 0 spiro atoms. The zero-order valence-electron chi connectivity index (χ0n) is 8.95. The van der Waals surface area contributed by atoms with Gasteiger partial charge in [-0.3, -0.25) is 9.59 Å². The second kappa shape index (κ2) is 5.70. The van der Waals surface area contributed by atoms with Crippen molar-refractivity contribution in [3.63, 3.8) is 0 Å². The zero-order chi connectivity index (χ0) is 11.3. The van der Waals surface area contributed by atoms with Gasteiger partial charge in [-0.15, -0.1) is 0 Å². The van der Waals surface area contributed by atoms with E-state index in [9.17, 15) is 9.59 Å². The van der Waals surface area contributed by atoms with E-state index in [1.165, 1.54) is 0 Å². The maximum atomic E-state index is 11.6. The second-order valence-electron chi connectivity index (χ2n) is 4.03. The average molecular weight is 214 g/mol. The Hall–Kier alpha value is -1.10. The van der Waals surface area contributed by atoms with Crippen LogP contribution >= 0.6 is 0 Å². The van der Waals surface area contributed by atoms with E-state index in [0.29, 0.717) is 18.9 Å². The molecule has 0 unspecified atom stereocenters. The van der Waals surface area contributed by atoms with Gasteiger partial charge in [0.15, 0.2) is 0 Å². The van der Waals surface area contributed by atoms with Gasteiger partial charge in [-0.25, -0.2) is 0 Å². The molecule has 1 rings (SSSR count). The fourth-order valence-electron chi connectivity index (χ4n) is 1.74. The Kier molecular flexibility index (Phi) is 4.55. The number of amides is 1. The predicted octanol–water partition coefficient (Wildman–Crippen LogP) is -0.177. The molecule has 1 saturated heterocycles. The lowest BCUT2D eigenvalue weighted by Gasteiger charge is -2.13. The number of aliphatic carboxylic acids is 1. The minimum atomic E-state index is -0.819. The van der Waals surface area contributed by atoms with Gasteiger partial charge in [0.25, 0.3) is 0 Å². The monoisotopic (exact) mass is 214 g/mol. The van der Waals surface area contributed by atoms with E-state index in [4.69, 9.17) is 5.11 Å². The van der Waals surface area contributed by atoms with Crippen LogP contribution in [0.1, 0.15) is 19.8 Å². The second-order valence-corrected chi connectivity index (χ2v) is 4.03. The minimum Gasteiger partial charge on any atom is -0.481 e. The van der Waals surface area contributed by atoms with Crippen molar-refractivity contribution in [3.8, 4) is 0 Å². The molecule has 0 bridgehead atoms. The van der Waals surface area contributed by atoms with Crippen LogP contribution in [0.25, 0.3) is 0 Å². The van der Waals surface area contributed by atoms with Gasteiger partial charge in [-0.05, 0) is 18.9 Å². The van der Waals surface area contributed by atoms with Gasteiger partial charge >= 0.3 is 5.97 Å². The first-order valence-corrected chi connectivity index (χ1v) is 5.31. The standard InChI is InChI=1S/C10H18N2O3/c1-7-5-11-6-8(7)10(15)12-4-2-3-9(13)14/h7-8,11H,2-6H2,1H3,(H,12,15)(H,13,14)/t7-,8-/m1/s1. The number of carboxylic acid groups (broad SMARTS) is 1. The summed E-state index contributed by atoms with van der Waals surface area (Å²) in [5.74, 6) is -0.377. The number of carboxylic acids is 1. The number of rotatable bonds is 5. The van der Waals surface area contributed by atoms with Crippen molar-refractivity contribution < 1.29 is 14.7 Å². The largest absolute Gasteiger partial charge is 0.481 e. The van der Waals surface area contributed by atoms with Crippen LogP contribution in [0.15, 0.2) is 0 Å². The minimum absolute atomic E-state index is 0.0369. The Bertz CT molecular complexity index is 243. The summed E-state index contributed by atoms with van der Waals surface area (Å²) in [6, 6.07) is 0. The normalized spacial score (nSPS) is 25.1. The first-order valence-electron chi connectivity index (χ1n) is 5.31. The van der Waals surface area contributed by atoms with E-state index >= 15 is 0 Å². The maximum Gasteiger partial charge on any atom is 0.303 e. The molecule has 3 N–H and O–H groups in total. The quantitative estimate of drug-likeness (QED) is 0.555. The number of hydrogen-bond acceptors (Lipinski definition) is 3. The van der Waals surface area contributed by atoms with Gasteiger partial charge in [0, 0.05) is 19.5 Å². The fraction of sp³-hybridized carbons (Fsp3) is 0.800. The van der Waals surface area contributed by atoms with Crippen LogP contribution in [0.4, 0.5) is 0 Å². The third kappa shape index (κ3) is 3.87. The summed E-state index contributed by atoms with van der Waals surface area (Å²) in [6.45, 7) is 4.11. The van der Waals surface area contributed by atoms with Crippen LogP contribution in [0.2, 0.25) is 0 Å². The smallest absolute Gasteiger partial charge is 0.303 e. The van der Waals surface area contributed by atoms with E-state index in [0.717, 1.165) is 13.1 Å². The summed E-state index contributed by atoms with van der Waals surface area (Å²) in [7, 11) is 0. The van der Waals surface area contributed by atoms with Crippen molar-refractivity contribution in [2.45, 2.75) is 19.8 Å². The molecule has 86 valence electrons. The van der Waals surface area contributed by atoms with Gasteiger partial charge in [-0.1, -0.05) is 6.92 Å². The molecule has 1 aliphatic rings. The molecular formula is C10H18N2O3. The van der Waals surface area contributed by atoms with Crippen LogP contribution in [-0.4, -0.2) is 36.6 Å². The van der Waals surface area contributed by atoms with Crippen molar-refractivity contribution >= 4 is 11.9 Å². The molecule has 0 aromatic heterocycles. The third-order valence-electron chi connectivity index (χ3n) is 2.72. The van der Waals surface area contributed by atoms with E-state index in [1.807, 2.05) is 6.92 Å². The van der Waals surface area contributed by atoms with Crippen LogP contribution in [0.3, 0.4) is 0 Å². The maximum absolute atomic E-state index is 11.6. The number of nitrogens with one attached hydrogen (secondary N) is 2. The van der Waals surface area contributed by atoms with Crippen molar-refractivity contribution in [1.29, 1.82) is 0 Å². The molecule has 1 heterocycles. The molecule has 0 aliphatic carbocycles. The third-order valence-corrected chi connectivity index (χ3v) is 2.72. The number of carbonyl (C=O) groups is 2. The Labute approximate surface area is 89.2 Å². The van der Waals surface area contributed by atoms with Crippen LogP contribution in [0.5, 0.6) is 0 Å². The molecule has 0 aromatic carbocycles. The highest BCUT2D eigenvalue weighted by atomic mass is 16.4. The molecule has 0 radical (unpaired) electrons. The summed E-state index contributed by atoms with van der Waals surface area (Å²) >= 11 is 0. The molecule has 2 atom stereocenters. The zero-order valence-corrected chi connectivity index (χ0v) is 8.95. The molecule has 0 saturated carbocycles. The van der Waals surface area contributed by atoms with Gasteiger partial charge in [0.1, 0.15) is 0 Å². The van der Waals surface area contributed by atoms with Crippen LogP contribution < -0.4 is 10.6 Å². The van der Waals surface area contributed by atoms with Gasteiger partial charge in [0.05, 0.1) is 5.92 Å². The lowest BCUT2D eigenvalue weighted by Crippen LogP contribution is -2.35. The summed E-state index contributed by atoms with van der Waals surface area (Å²) in [4.78, 5) is 21.8. The topological polar surface area (TPSA) is 78.4 Å². The lowest BCUT2D eigenvalue weighted by molar-refractivity contribution is -0.137. The summed E-state index contributed by atoms with van der Waals surface area (Å²) in [5, 5.41) is 14.3. The van der Waals surface area contributed by atoms with Crippen molar-refractivity contribution in [2.24, 2.45) is 11.8 Å². The van der Waals surface area contributed by atoms with Gasteiger partial charge in [-0.2, -0.15) is 0 Å². The highest BCUT2D eigenvalue weighted by molar-refractivity contribution is 5.79. The number of carbonyl (C=O) groups excluding carboxylic acids is 1. The molecule has 1 aliphatic heterocycles. The Morgan fingerprint density at radius 3 is 2.73 bits per heavy atom. The SMILES string of the molecule is C[C@@H]1CNC[C@H]1C(=O)NCCCC(=O)O. The van der Waals surface area contributed by atoms with E-state index in [2.05, 4.69) is 10.6 Å². The van der Waals surface area contributed by atoms with Crippen molar-refractivity contribution in [3.05, 3.63) is 0 Å².